The fourth-order valence-corrected chi connectivity index (χ4v) is 2.61. The van der Waals surface area contributed by atoms with E-state index in [-0.39, 0.29) is 5.91 Å². The second kappa shape index (κ2) is 8.68. The van der Waals surface area contributed by atoms with Gasteiger partial charge in [0, 0.05) is 25.6 Å². The molecule has 1 saturated carbocycles. The minimum atomic E-state index is 0.0724. The number of hydrogen-bond donors (Lipinski definition) is 2. The Kier molecular flexibility index (Phi) is 6.50. The third-order valence-corrected chi connectivity index (χ3v) is 3.77. The van der Waals surface area contributed by atoms with E-state index < -0.39 is 0 Å². The monoisotopic (exact) mass is 279 g/mol. The number of aryl methyl sites for hydroxylation is 1. The summed E-state index contributed by atoms with van der Waals surface area (Å²) in [6.07, 6.45) is 11.5. The van der Waals surface area contributed by atoms with E-state index in [0.29, 0.717) is 25.6 Å². The molecule has 112 valence electrons. The normalized spacial score (nSPS) is 16.8. The predicted molar refractivity (Wildman–Crippen MR) is 77.1 cm³/mol. The van der Waals surface area contributed by atoms with E-state index in [1.165, 1.54) is 44.9 Å². The lowest BCUT2D eigenvalue weighted by Gasteiger charge is -2.16. The summed E-state index contributed by atoms with van der Waals surface area (Å²) in [6.45, 7) is 2.15. The first kappa shape index (κ1) is 15.0. The molecular formula is C14H25N5O. The molecule has 2 rings (SSSR count). The van der Waals surface area contributed by atoms with Crippen LogP contribution in [0.3, 0.4) is 0 Å². The smallest absolute Gasteiger partial charge is 0.221 e. The Hall–Kier alpha value is -1.43. The molecule has 0 unspecified atom stereocenters. The summed E-state index contributed by atoms with van der Waals surface area (Å²) in [6, 6.07) is 0.643. The molecule has 1 aliphatic carbocycles. The van der Waals surface area contributed by atoms with Gasteiger partial charge in [-0.1, -0.05) is 25.7 Å². The van der Waals surface area contributed by atoms with Crippen LogP contribution in [0.2, 0.25) is 0 Å². The van der Waals surface area contributed by atoms with Crippen molar-refractivity contribution < 1.29 is 4.79 Å². The van der Waals surface area contributed by atoms with Crippen LogP contribution < -0.4 is 10.6 Å². The lowest BCUT2D eigenvalue weighted by molar-refractivity contribution is -0.121. The maximum Gasteiger partial charge on any atom is 0.221 e. The van der Waals surface area contributed by atoms with Gasteiger partial charge in [0.15, 0.2) is 0 Å². The molecule has 0 aromatic carbocycles. The number of aromatic nitrogens is 3. The average molecular weight is 279 g/mol. The van der Waals surface area contributed by atoms with Crippen LogP contribution in [0.25, 0.3) is 0 Å². The van der Waals surface area contributed by atoms with E-state index in [1.54, 1.807) is 11.0 Å². The third-order valence-electron chi connectivity index (χ3n) is 3.77. The number of carbonyl (C=O) groups excluding carboxylic acids is 1. The van der Waals surface area contributed by atoms with Crippen molar-refractivity contribution in [2.24, 2.45) is 0 Å². The molecule has 0 saturated heterocycles. The zero-order valence-electron chi connectivity index (χ0n) is 12.1. The van der Waals surface area contributed by atoms with Crippen molar-refractivity contribution in [2.45, 2.75) is 57.5 Å². The van der Waals surface area contributed by atoms with E-state index >= 15 is 0 Å². The summed E-state index contributed by atoms with van der Waals surface area (Å²) < 4.78 is 1.67. The SMILES string of the molecule is O=C(CCn1cncn1)NCCNC1CCCCCC1. The highest BCUT2D eigenvalue weighted by Gasteiger charge is 2.10. The van der Waals surface area contributed by atoms with Crippen molar-refractivity contribution >= 4 is 5.91 Å². The van der Waals surface area contributed by atoms with Gasteiger partial charge in [-0.3, -0.25) is 9.48 Å². The number of carbonyl (C=O) groups is 1. The second-order valence-electron chi connectivity index (χ2n) is 5.40. The average Bonchev–Trinajstić information content (AvgIpc) is 2.84. The molecule has 0 radical (unpaired) electrons. The van der Waals surface area contributed by atoms with Crippen molar-refractivity contribution in [1.29, 1.82) is 0 Å². The molecule has 6 nitrogen and oxygen atoms in total. The van der Waals surface area contributed by atoms with Gasteiger partial charge in [0.05, 0.1) is 6.54 Å². The highest BCUT2D eigenvalue weighted by atomic mass is 16.1. The van der Waals surface area contributed by atoms with E-state index in [4.69, 9.17) is 0 Å². The van der Waals surface area contributed by atoms with Gasteiger partial charge in [-0.2, -0.15) is 5.10 Å². The van der Waals surface area contributed by atoms with Crippen molar-refractivity contribution in [1.82, 2.24) is 25.4 Å². The topological polar surface area (TPSA) is 71.8 Å². The lowest BCUT2D eigenvalue weighted by Crippen LogP contribution is -2.37. The van der Waals surface area contributed by atoms with Crippen LogP contribution in [0, 0.1) is 0 Å². The van der Waals surface area contributed by atoms with E-state index in [2.05, 4.69) is 20.7 Å². The molecule has 0 atom stereocenters. The predicted octanol–water partition coefficient (Wildman–Crippen LogP) is 1.10. The van der Waals surface area contributed by atoms with Crippen molar-refractivity contribution in [3.63, 3.8) is 0 Å². The second-order valence-corrected chi connectivity index (χ2v) is 5.40. The van der Waals surface area contributed by atoms with Gasteiger partial charge in [-0.15, -0.1) is 0 Å². The van der Waals surface area contributed by atoms with Crippen LogP contribution >= 0.6 is 0 Å². The molecular weight excluding hydrogens is 254 g/mol. The van der Waals surface area contributed by atoms with Gasteiger partial charge in [-0.05, 0) is 12.8 Å². The Labute approximate surface area is 120 Å². The Morgan fingerprint density at radius 3 is 2.70 bits per heavy atom. The van der Waals surface area contributed by atoms with E-state index in [1.807, 2.05) is 0 Å². The minimum absolute atomic E-state index is 0.0724. The fourth-order valence-electron chi connectivity index (χ4n) is 2.61. The zero-order valence-corrected chi connectivity index (χ0v) is 12.1. The van der Waals surface area contributed by atoms with E-state index in [0.717, 1.165) is 6.54 Å². The summed E-state index contributed by atoms with van der Waals surface area (Å²) in [7, 11) is 0. The lowest BCUT2D eigenvalue weighted by atomic mass is 10.1. The van der Waals surface area contributed by atoms with Gasteiger partial charge < -0.3 is 10.6 Å². The quantitative estimate of drug-likeness (QED) is 0.579. The molecule has 1 aliphatic rings. The third kappa shape index (κ3) is 5.69. The Morgan fingerprint density at radius 2 is 2.00 bits per heavy atom. The van der Waals surface area contributed by atoms with Gasteiger partial charge >= 0.3 is 0 Å². The maximum absolute atomic E-state index is 11.6. The molecule has 0 aliphatic heterocycles. The van der Waals surface area contributed by atoms with Crippen LogP contribution in [0.5, 0.6) is 0 Å². The zero-order chi connectivity index (χ0) is 14.0. The largest absolute Gasteiger partial charge is 0.355 e. The fraction of sp³-hybridized carbons (Fsp3) is 0.786. The summed E-state index contributed by atoms with van der Waals surface area (Å²) in [4.78, 5) is 15.5. The van der Waals surface area contributed by atoms with Gasteiger partial charge in [0.25, 0.3) is 0 Å². The maximum atomic E-state index is 11.6. The molecule has 1 amide bonds. The number of nitrogens with zero attached hydrogens (tertiary/aromatic N) is 3. The summed E-state index contributed by atoms with van der Waals surface area (Å²) in [5.74, 6) is 0.0724. The highest BCUT2D eigenvalue weighted by Crippen LogP contribution is 2.16. The van der Waals surface area contributed by atoms with Gasteiger partial charge in [-0.25, -0.2) is 4.98 Å². The molecule has 2 N–H and O–H groups in total. The standard InChI is InChI=1S/C14H25N5O/c20-14(7-10-19-12-15-11-18-19)17-9-8-16-13-5-3-1-2-4-6-13/h11-13,16H,1-10H2,(H,17,20). The van der Waals surface area contributed by atoms with Crippen molar-refractivity contribution in [2.75, 3.05) is 13.1 Å². The summed E-state index contributed by atoms with van der Waals surface area (Å²) in [5.41, 5.74) is 0. The van der Waals surface area contributed by atoms with Crippen LogP contribution in [0.4, 0.5) is 0 Å². The van der Waals surface area contributed by atoms with Crippen molar-refractivity contribution in [3.05, 3.63) is 12.7 Å². The Morgan fingerprint density at radius 1 is 1.20 bits per heavy atom. The Bertz CT molecular complexity index is 371. The number of nitrogens with one attached hydrogen (secondary N) is 2. The number of hydrogen-bond acceptors (Lipinski definition) is 4. The molecule has 0 spiro atoms. The Balaban J connectivity index is 1.50. The first-order chi connectivity index (χ1) is 9.84. The number of amides is 1. The molecule has 0 bridgehead atoms. The molecule has 1 fully saturated rings. The van der Waals surface area contributed by atoms with Gasteiger partial charge in [0.1, 0.15) is 12.7 Å². The first-order valence-electron chi connectivity index (χ1n) is 7.67. The molecule has 20 heavy (non-hydrogen) atoms. The highest BCUT2D eigenvalue weighted by molar-refractivity contribution is 5.75. The summed E-state index contributed by atoms with van der Waals surface area (Å²) >= 11 is 0. The molecule has 1 aromatic heterocycles. The van der Waals surface area contributed by atoms with Crippen LogP contribution in [-0.4, -0.2) is 39.8 Å². The van der Waals surface area contributed by atoms with E-state index in [9.17, 15) is 4.79 Å². The van der Waals surface area contributed by atoms with Gasteiger partial charge in [0.2, 0.25) is 5.91 Å². The summed E-state index contributed by atoms with van der Waals surface area (Å²) in [5, 5.41) is 10.4. The van der Waals surface area contributed by atoms with Crippen LogP contribution in [0.1, 0.15) is 44.9 Å². The first-order valence-corrected chi connectivity index (χ1v) is 7.67. The molecule has 6 heteroatoms. The molecule has 1 aromatic rings. The molecule has 1 heterocycles. The van der Waals surface area contributed by atoms with Crippen LogP contribution in [0.15, 0.2) is 12.7 Å². The van der Waals surface area contributed by atoms with Crippen molar-refractivity contribution in [3.8, 4) is 0 Å². The number of rotatable bonds is 7. The minimum Gasteiger partial charge on any atom is -0.355 e. The van der Waals surface area contributed by atoms with Crippen LogP contribution in [-0.2, 0) is 11.3 Å².